The molecular weight excluding hydrogens is 479 g/mol. The minimum atomic E-state index is -4.27. The van der Waals surface area contributed by atoms with Crippen LogP contribution in [0.15, 0.2) is 72.9 Å². The quantitative estimate of drug-likeness (QED) is 0.167. The molecule has 0 aliphatic carbocycles. The molecule has 38 heavy (non-hydrogen) atoms. The molecule has 0 amide bonds. The maximum absolute atomic E-state index is 13.7. The van der Waals surface area contributed by atoms with E-state index in [0.717, 1.165) is 32.8 Å². The zero-order valence-corrected chi connectivity index (χ0v) is 23.2. The molecule has 4 heteroatoms. The van der Waals surface area contributed by atoms with E-state index >= 15 is 0 Å². The van der Waals surface area contributed by atoms with Crippen molar-refractivity contribution in [3.05, 3.63) is 89.6 Å². The van der Waals surface area contributed by atoms with Gasteiger partial charge in [-0.15, -0.1) is 0 Å². The van der Waals surface area contributed by atoms with Gasteiger partial charge in [-0.3, -0.25) is 0 Å². The van der Waals surface area contributed by atoms with E-state index in [9.17, 15) is 13.2 Å². The van der Waals surface area contributed by atoms with Crippen LogP contribution in [0.2, 0.25) is 0 Å². The van der Waals surface area contributed by atoms with E-state index in [1.54, 1.807) is 0 Å². The molecule has 5 aromatic rings. The van der Waals surface area contributed by atoms with Crippen molar-refractivity contribution in [1.29, 1.82) is 0 Å². The number of hydrogen-bond donors (Lipinski definition) is 0. The van der Waals surface area contributed by atoms with E-state index < -0.39 is 11.6 Å². The topological polar surface area (TPSA) is 3.88 Å². The smallest absolute Gasteiger partial charge is 0.200 e. The lowest BCUT2D eigenvalue weighted by molar-refractivity contribution is -0.659. The summed E-state index contributed by atoms with van der Waals surface area (Å²) in [6, 6.07) is 22.8. The van der Waals surface area contributed by atoms with Crippen LogP contribution in [-0.4, -0.2) is 6.18 Å². The molecule has 0 fully saturated rings. The van der Waals surface area contributed by atoms with E-state index in [1.165, 1.54) is 41.3 Å². The largest absolute Gasteiger partial charge is 0.394 e. The predicted octanol–water partition coefficient (Wildman–Crippen LogP) is 9.37. The summed E-state index contributed by atoms with van der Waals surface area (Å²) in [5.41, 5.74) is 3.67. The predicted molar refractivity (Wildman–Crippen MR) is 153 cm³/mol. The second kappa shape index (κ2) is 8.83. The average molecular weight is 515 g/mol. The highest BCUT2D eigenvalue weighted by atomic mass is 19.4. The van der Waals surface area contributed by atoms with Gasteiger partial charge in [0.05, 0.1) is 16.4 Å². The fourth-order valence-electron chi connectivity index (χ4n) is 5.74. The second-order valence-electron chi connectivity index (χ2n) is 12.3. The summed E-state index contributed by atoms with van der Waals surface area (Å²) in [7, 11) is 2.06. The molecule has 0 saturated carbocycles. The van der Waals surface area contributed by atoms with Gasteiger partial charge in [-0.05, 0) is 69.1 Å². The lowest BCUT2D eigenvalue weighted by Crippen LogP contribution is -2.34. The van der Waals surface area contributed by atoms with Crippen molar-refractivity contribution in [3.63, 3.8) is 0 Å². The summed E-state index contributed by atoms with van der Waals surface area (Å²) in [4.78, 5) is 0. The molecule has 0 saturated heterocycles. The number of hydrogen-bond acceptors (Lipinski definition) is 0. The highest BCUT2D eigenvalue weighted by molar-refractivity contribution is 6.12. The third-order valence-electron chi connectivity index (χ3n) is 8.04. The van der Waals surface area contributed by atoms with Gasteiger partial charge in [-0.1, -0.05) is 83.1 Å². The van der Waals surface area contributed by atoms with Gasteiger partial charge >= 0.3 is 6.18 Å². The Balaban J connectivity index is 1.80. The van der Waals surface area contributed by atoms with Crippen LogP contribution in [0.5, 0.6) is 0 Å². The Morgan fingerprint density at radius 2 is 1.29 bits per heavy atom. The number of fused-ring (bicyclic) bond motifs is 4. The van der Waals surface area contributed by atoms with Gasteiger partial charge < -0.3 is 0 Å². The standard InChI is InChI=1S/C34H35F3N/c1-21-23-12-8-9-13-27(23)30(32(2,3)4)19-29(21)31-28-16-15-24-22(20-33(5,6)34(35,36)37)11-10-14-25(24)26(28)17-18-38(31)7/h8-19H,20H2,1-7H3/q+1. The van der Waals surface area contributed by atoms with Crippen LogP contribution in [0.1, 0.15) is 51.3 Å². The number of rotatable bonds is 3. The van der Waals surface area contributed by atoms with Crippen molar-refractivity contribution >= 4 is 32.3 Å². The van der Waals surface area contributed by atoms with Gasteiger partial charge in [0.2, 0.25) is 5.69 Å². The molecular formula is C34H35F3N+. The lowest BCUT2D eigenvalue weighted by atomic mass is 9.80. The Bertz CT molecular complexity index is 1700. The SMILES string of the molecule is Cc1c(-c2c3ccc4c(CC(C)(C)C(F)(F)F)cccc4c3cc[n+]2C)cc(C(C)(C)C)c2ccccc12. The maximum Gasteiger partial charge on any atom is 0.394 e. The first-order chi connectivity index (χ1) is 17.7. The zero-order valence-electron chi connectivity index (χ0n) is 23.2. The van der Waals surface area contributed by atoms with Gasteiger partial charge in [0.25, 0.3) is 0 Å². The summed E-state index contributed by atoms with van der Waals surface area (Å²) < 4.78 is 43.3. The normalized spacial score (nSPS) is 13.1. The number of pyridine rings is 1. The maximum atomic E-state index is 13.7. The van der Waals surface area contributed by atoms with Gasteiger partial charge in [-0.2, -0.15) is 13.2 Å². The van der Waals surface area contributed by atoms with E-state index in [0.29, 0.717) is 0 Å². The first-order valence-corrected chi connectivity index (χ1v) is 13.1. The van der Waals surface area contributed by atoms with E-state index in [1.807, 2.05) is 24.3 Å². The third-order valence-corrected chi connectivity index (χ3v) is 8.04. The van der Waals surface area contributed by atoms with Crippen LogP contribution in [0.4, 0.5) is 13.2 Å². The second-order valence-corrected chi connectivity index (χ2v) is 12.3. The van der Waals surface area contributed by atoms with Crippen LogP contribution >= 0.6 is 0 Å². The molecule has 0 aliphatic heterocycles. The highest BCUT2D eigenvalue weighted by Crippen LogP contribution is 2.43. The van der Waals surface area contributed by atoms with Crippen LogP contribution < -0.4 is 4.57 Å². The zero-order chi connectivity index (χ0) is 27.6. The Morgan fingerprint density at radius 1 is 0.684 bits per heavy atom. The van der Waals surface area contributed by atoms with Crippen LogP contribution in [-0.2, 0) is 18.9 Å². The third kappa shape index (κ3) is 4.24. The molecule has 1 heterocycles. The number of alkyl halides is 3. The summed E-state index contributed by atoms with van der Waals surface area (Å²) in [5, 5.41) is 6.51. The molecule has 1 nitrogen and oxygen atoms in total. The minimum Gasteiger partial charge on any atom is -0.200 e. The van der Waals surface area contributed by atoms with E-state index in [-0.39, 0.29) is 11.8 Å². The van der Waals surface area contributed by atoms with Gasteiger partial charge in [-0.25, -0.2) is 4.57 Å². The Hall–Kier alpha value is -3.40. The van der Waals surface area contributed by atoms with Crippen molar-refractivity contribution in [1.82, 2.24) is 0 Å². The summed E-state index contributed by atoms with van der Waals surface area (Å²) in [6.45, 7) is 11.5. The molecule has 0 radical (unpaired) electrons. The van der Waals surface area contributed by atoms with Gasteiger partial charge in [0.15, 0.2) is 6.20 Å². The first kappa shape index (κ1) is 26.2. The first-order valence-electron chi connectivity index (χ1n) is 13.1. The lowest BCUT2D eigenvalue weighted by Gasteiger charge is -2.28. The fraction of sp³-hybridized carbons (Fsp3) is 0.324. The molecule has 4 aromatic carbocycles. The van der Waals surface area contributed by atoms with Gasteiger partial charge in [0, 0.05) is 11.5 Å². The summed E-state index contributed by atoms with van der Waals surface area (Å²) >= 11 is 0. The van der Waals surface area contributed by atoms with Crippen LogP contribution in [0.25, 0.3) is 43.6 Å². The van der Waals surface area contributed by atoms with Crippen LogP contribution in [0.3, 0.4) is 0 Å². The molecule has 1 aromatic heterocycles. The van der Waals surface area contributed by atoms with Crippen LogP contribution in [0, 0.1) is 12.3 Å². The highest BCUT2D eigenvalue weighted by Gasteiger charge is 2.47. The molecule has 0 N–H and O–H groups in total. The van der Waals surface area contributed by atoms with E-state index in [2.05, 4.69) is 88.0 Å². The molecule has 0 bridgehead atoms. The molecule has 5 rings (SSSR count). The summed E-state index contributed by atoms with van der Waals surface area (Å²) in [6.07, 6.45) is -2.27. The summed E-state index contributed by atoms with van der Waals surface area (Å²) in [5.74, 6) is 0. The number of aromatic nitrogens is 1. The Morgan fingerprint density at radius 3 is 1.95 bits per heavy atom. The minimum absolute atomic E-state index is 0.0436. The molecule has 0 atom stereocenters. The monoisotopic (exact) mass is 514 g/mol. The molecule has 0 unspecified atom stereocenters. The van der Waals surface area contributed by atoms with Crippen molar-refractivity contribution in [2.75, 3.05) is 0 Å². The Labute approximate surface area is 222 Å². The Kier molecular flexibility index (Phi) is 6.09. The van der Waals surface area contributed by atoms with Crippen molar-refractivity contribution in [3.8, 4) is 11.3 Å². The fourth-order valence-corrected chi connectivity index (χ4v) is 5.74. The average Bonchev–Trinajstić information content (AvgIpc) is 2.83. The number of nitrogens with zero attached hydrogens (tertiary/aromatic N) is 1. The molecule has 196 valence electrons. The van der Waals surface area contributed by atoms with Crippen molar-refractivity contribution in [2.45, 2.75) is 59.6 Å². The molecule has 0 aliphatic rings. The van der Waals surface area contributed by atoms with E-state index in [4.69, 9.17) is 0 Å². The number of benzene rings is 4. The number of aryl methyl sites for hydroxylation is 2. The van der Waals surface area contributed by atoms with Crippen molar-refractivity contribution < 1.29 is 17.7 Å². The number of halogens is 3. The van der Waals surface area contributed by atoms with Gasteiger partial charge in [0.1, 0.15) is 7.05 Å². The molecule has 0 spiro atoms. The van der Waals surface area contributed by atoms with Crippen molar-refractivity contribution in [2.24, 2.45) is 12.5 Å².